The number of hydrogen-bond donors (Lipinski definition) is 1. The van der Waals surface area contributed by atoms with Crippen molar-refractivity contribution < 1.29 is 28.2 Å². The van der Waals surface area contributed by atoms with Gasteiger partial charge in [-0.3, -0.25) is 4.79 Å². The highest BCUT2D eigenvalue weighted by atomic mass is 19.1. The fourth-order valence-electron chi connectivity index (χ4n) is 2.29. The maximum Gasteiger partial charge on any atom is 0.337 e. The van der Waals surface area contributed by atoms with Crippen molar-refractivity contribution in [1.29, 1.82) is 0 Å². The van der Waals surface area contributed by atoms with Crippen LogP contribution in [0.4, 0.5) is 4.39 Å². The summed E-state index contributed by atoms with van der Waals surface area (Å²) in [4.78, 5) is 23.6. The second-order valence-corrected chi connectivity index (χ2v) is 5.49. The number of amides is 1. The lowest BCUT2D eigenvalue weighted by Gasteiger charge is -2.15. The monoisotopic (exact) mass is 361 g/mol. The van der Waals surface area contributed by atoms with E-state index < -0.39 is 5.97 Å². The molecule has 1 N–H and O–H groups in total. The topological polar surface area (TPSA) is 73.9 Å². The van der Waals surface area contributed by atoms with E-state index in [-0.39, 0.29) is 24.4 Å². The van der Waals surface area contributed by atoms with Crippen LogP contribution in [0.1, 0.15) is 28.9 Å². The van der Waals surface area contributed by atoms with E-state index in [1.807, 2.05) is 0 Å². The molecule has 0 fully saturated rings. The molecule has 6 nitrogen and oxygen atoms in total. The molecule has 0 aliphatic carbocycles. The first-order chi connectivity index (χ1) is 12.4. The molecule has 2 aromatic carbocycles. The van der Waals surface area contributed by atoms with Gasteiger partial charge in [-0.25, -0.2) is 9.18 Å². The number of hydrogen-bond acceptors (Lipinski definition) is 5. The summed E-state index contributed by atoms with van der Waals surface area (Å²) in [6.07, 6.45) is 0. The number of nitrogens with one attached hydrogen (secondary N) is 1. The number of carbonyl (C=O) groups excluding carboxylic acids is 2. The molecule has 2 aromatic rings. The molecule has 1 atom stereocenters. The zero-order chi connectivity index (χ0) is 19.1. The van der Waals surface area contributed by atoms with Crippen LogP contribution in [0.15, 0.2) is 42.5 Å². The molecule has 0 spiro atoms. The molecule has 26 heavy (non-hydrogen) atoms. The van der Waals surface area contributed by atoms with Gasteiger partial charge in [-0.15, -0.1) is 0 Å². The molecular formula is C19H20FNO5. The Labute approximate surface area is 150 Å². The summed E-state index contributed by atoms with van der Waals surface area (Å²) in [5, 5.41) is 2.76. The Morgan fingerprint density at radius 2 is 1.77 bits per heavy atom. The average molecular weight is 361 g/mol. The fourth-order valence-corrected chi connectivity index (χ4v) is 2.29. The summed E-state index contributed by atoms with van der Waals surface area (Å²) < 4.78 is 28.2. The van der Waals surface area contributed by atoms with Crippen LogP contribution in [0.25, 0.3) is 0 Å². The lowest BCUT2D eigenvalue weighted by Crippen LogP contribution is -2.31. The van der Waals surface area contributed by atoms with Gasteiger partial charge in [-0.2, -0.15) is 0 Å². The lowest BCUT2D eigenvalue weighted by atomic mass is 10.1. The number of methoxy groups -OCH3 is 2. The average Bonchev–Trinajstić information content (AvgIpc) is 2.66. The molecular weight excluding hydrogens is 341 g/mol. The number of esters is 1. The zero-order valence-electron chi connectivity index (χ0n) is 14.7. The van der Waals surface area contributed by atoms with Crippen LogP contribution >= 0.6 is 0 Å². The highest BCUT2D eigenvalue weighted by molar-refractivity contribution is 5.90. The largest absolute Gasteiger partial charge is 0.493 e. The van der Waals surface area contributed by atoms with E-state index in [2.05, 4.69) is 10.1 Å². The molecule has 0 saturated heterocycles. The van der Waals surface area contributed by atoms with Gasteiger partial charge in [0.25, 0.3) is 5.91 Å². The van der Waals surface area contributed by atoms with Crippen LogP contribution in [-0.2, 0) is 9.53 Å². The third-order valence-electron chi connectivity index (χ3n) is 3.69. The Bertz CT molecular complexity index is 776. The molecule has 0 unspecified atom stereocenters. The van der Waals surface area contributed by atoms with Gasteiger partial charge < -0.3 is 19.5 Å². The van der Waals surface area contributed by atoms with E-state index in [0.717, 1.165) is 5.56 Å². The summed E-state index contributed by atoms with van der Waals surface area (Å²) in [5.41, 5.74) is 1.09. The van der Waals surface area contributed by atoms with E-state index in [1.165, 1.54) is 44.6 Å². The van der Waals surface area contributed by atoms with E-state index in [1.54, 1.807) is 19.1 Å². The first-order valence-corrected chi connectivity index (χ1v) is 7.88. The van der Waals surface area contributed by atoms with Crippen molar-refractivity contribution in [2.24, 2.45) is 0 Å². The molecule has 7 heteroatoms. The van der Waals surface area contributed by atoms with Crippen LogP contribution in [-0.4, -0.2) is 32.7 Å². The molecule has 0 aliphatic rings. The normalized spacial score (nSPS) is 11.4. The molecule has 138 valence electrons. The number of benzene rings is 2. The molecule has 0 bridgehead atoms. The van der Waals surface area contributed by atoms with Gasteiger partial charge in [-0.05, 0) is 42.8 Å². The van der Waals surface area contributed by atoms with Crippen molar-refractivity contribution in [1.82, 2.24) is 5.32 Å². The summed E-state index contributed by atoms with van der Waals surface area (Å²) in [7, 11) is 2.71. The van der Waals surface area contributed by atoms with Gasteiger partial charge in [0.1, 0.15) is 5.82 Å². The second-order valence-electron chi connectivity index (χ2n) is 5.49. The molecule has 0 radical (unpaired) electrons. The van der Waals surface area contributed by atoms with Crippen LogP contribution < -0.4 is 14.8 Å². The Balaban J connectivity index is 1.96. The quantitative estimate of drug-likeness (QED) is 0.768. The first-order valence-electron chi connectivity index (χ1n) is 7.88. The van der Waals surface area contributed by atoms with Crippen molar-refractivity contribution in [3.63, 3.8) is 0 Å². The molecule has 1 amide bonds. The van der Waals surface area contributed by atoms with Gasteiger partial charge in [0.05, 0.1) is 25.8 Å². The summed E-state index contributed by atoms with van der Waals surface area (Å²) in [6.45, 7) is 1.55. The Morgan fingerprint density at radius 3 is 2.38 bits per heavy atom. The summed E-state index contributed by atoms with van der Waals surface area (Å²) >= 11 is 0. The molecule has 2 rings (SSSR count). The van der Waals surface area contributed by atoms with Crippen molar-refractivity contribution in [2.45, 2.75) is 13.0 Å². The first kappa shape index (κ1) is 19.2. The van der Waals surface area contributed by atoms with Crippen LogP contribution in [0.3, 0.4) is 0 Å². The third kappa shape index (κ3) is 4.95. The van der Waals surface area contributed by atoms with E-state index in [9.17, 15) is 14.0 Å². The Kier molecular flexibility index (Phi) is 6.54. The predicted octanol–water partition coefficient (Wildman–Crippen LogP) is 2.88. The predicted molar refractivity (Wildman–Crippen MR) is 92.8 cm³/mol. The Morgan fingerprint density at radius 1 is 1.08 bits per heavy atom. The minimum Gasteiger partial charge on any atom is -0.493 e. The smallest absolute Gasteiger partial charge is 0.337 e. The molecule has 0 aliphatic heterocycles. The highest BCUT2D eigenvalue weighted by Gasteiger charge is 2.14. The fraction of sp³-hybridized carbons (Fsp3) is 0.263. The van der Waals surface area contributed by atoms with Gasteiger partial charge in [0.2, 0.25) is 0 Å². The van der Waals surface area contributed by atoms with Crippen LogP contribution in [0.5, 0.6) is 11.5 Å². The van der Waals surface area contributed by atoms with Crippen molar-refractivity contribution in [3.05, 3.63) is 59.4 Å². The standard InChI is InChI=1S/C19H20FNO5/c1-12(13-4-7-15(20)8-5-13)21-18(22)11-26-16-9-6-14(19(23)25-3)10-17(16)24-2/h4-10,12H,11H2,1-3H3,(H,21,22)/t12-/m1/s1. The van der Waals surface area contributed by atoms with Crippen molar-refractivity contribution >= 4 is 11.9 Å². The number of rotatable bonds is 7. The maximum absolute atomic E-state index is 12.9. The number of ether oxygens (including phenoxy) is 3. The van der Waals surface area contributed by atoms with Gasteiger partial charge in [-0.1, -0.05) is 12.1 Å². The SMILES string of the molecule is COC(=O)c1ccc(OCC(=O)N[C@H](C)c2ccc(F)cc2)c(OC)c1. The van der Waals surface area contributed by atoms with Crippen LogP contribution in [0, 0.1) is 5.82 Å². The highest BCUT2D eigenvalue weighted by Crippen LogP contribution is 2.28. The minimum absolute atomic E-state index is 0.237. The Hall–Kier alpha value is -3.09. The second kappa shape index (κ2) is 8.84. The summed E-state index contributed by atoms with van der Waals surface area (Å²) in [6, 6.07) is 10.1. The van der Waals surface area contributed by atoms with Gasteiger partial charge >= 0.3 is 5.97 Å². The third-order valence-corrected chi connectivity index (χ3v) is 3.69. The number of carbonyl (C=O) groups is 2. The maximum atomic E-state index is 12.9. The van der Waals surface area contributed by atoms with Crippen molar-refractivity contribution in [2.75, 3.05) is 20.8 Å². The van der Waals surface area contributed by atoms with E-state index in [0.29, 0.717) is 17.1 Å². The van der Waals surface area contributed by atoms with E-state index in [4.69, 9.17) is 9.47 Å². The zero-order valence-corrected chi connectivity index (χ0v) is 14.7. The molecule has 0 saturated carbocycles. The van der Waals surface area contributed by atoms with E-state index >= 15 is 0 Å². The van der Waals surface area contributed by atoms with Gasteiger partial charge in [0, 0.05) is 0 Å². The number of halogens is 1. The summed E-state index contributed by atoms with van der Waals surface area (Å²) in [5.74, 6) is -0.545. The molecule has 0 aromatic heterocycles. The van der Waals surface area contributed by atoms with Crippen LogP contribution in [0.2, 0.25) is 0 Å². The lowest BCUT2D eigenvalue weighted by molar-refractivity contribution is -0.123. The van der Waals surface area contributed by atoms with Gasteiger partial charge in [0.15, 0.2) is 18.1 Å². The minimum atomic E-state index is -0.499. The molecule has 0 heterocycles. The van der Waals surface area contributed by atoms with Crippen molar-refractivity contribution in [3.8, 4) is 11.5 Å².